The summed E-state index contributed by atoms with van der Waals surface area (Å²) in [6.07, 6.45) is 0. The van der Waals surface area contributed by atoms with Gasteiger partial charge in [-0.05, 0) is 30.3 Å². The molecule has 0 N–H and O–H groups in total. The number of aromatic nitrogens is 1. The van der Waals surface area contributed by atoms with Gasteiger partial charge >= 0.3 is 0 Å². The molecule has 9 nitrogen and oxygen atoms in total. The van der Waals surface area contributed by atoms with Crippen molar-refractivity contribution in [1.29, 1.82) is 5.26 Å². The van der Waals surface area contributed by atoms with Gasteiger partial charge in [0, 0.05) is 37.9 Å². The molecule has 3 aromatic rings. The third-order valence-electron chi connectivity index (χ3n) is 5.05. The zero-order chi connectivity index (χ0) is 21.1. The zero-order valence-corrected chi connectivity index (χ0v) is 16.3. The molecule has 0 aliphatic carbocycles. The van der Waals surface area contributed by atoms with Crippen molar-refractivity contribution in [3.63, 3.8) is 0 Å². The fraction of sp³-hybridized carbons (Fsp3) is 0.238. The lowest BCUT2D eigenvalue weighted by atomic mass is 10.2. The quantitative estimate of drug-likeness (QED) is 0.469. The van der Waals surface area contributed by atoms with E-state index in [1.54, 1.807) is 25.3 Å². The summed E-state index contributed by atoms with van der Waals surface area (Å²) in [7, 11) is 1.64. The van der Waals surface area contributed by atoms with E-state index < -0.39 is 4.92 Å². The number of nitriles is 1. The molecule has 2 aromatic carbocycles. The smallest absolute Gasteiger partial charge is 0.282 e. The van der Waals surface area contributed by atoms with E-state index in [0.717, 1.165) is 24.5 Å². The van der Waals surface area contributed by atoms with Gasteiger partial charge in [0.15, 0.2) is 0 Å². The average molecular weight is 405 g/mol. The minimum absolute atomic E-state index is 0.0754. The second kappa shape index (κ2) is 8.13. The van der Waals surface area contributed by atoms with Gasteiger partial charge in [0.1, 0.15) is 17.4 Å². The van der Waals surface area contributed by atoms with Crippen molar-refractivity contribution in [3.8, 4) is 23.3 Å². The van der Waals surface area contributed by atoms with Gasteiger partial charge in [0.05, 0.1) is 12.0 Å². The highest BCUT2D eigenvalue weighted by molar-refractivity contribution is 5.69. The first-order valence-electron chi connectivity index (χ1n) is 9.39. The molecule has 0 bridgehead atoms. The van der Waals surface area contributed by atoms with Crippen LogP contribution in [0.2, 0.25) is 0 Å². The van der Waals surface area contributed by atoms with E-state index >= 15 is 0 Å². The second-order valence-electron chi connectivity index (χ2n) is 6.73. The van der Waals surface area contributed by atoms with Gasteiger partial charge in [-0.3, -0.25) is 10.1 Å². The molecule has 0 spiro atoms. The minimum Gasteiger partial charge on any atom is -0.497 e. The maximum absolute atomic E-state index is 11.3. The Labute approximate surface area is 172 Å². The summed E-state index contributed by atoms with van der Waals surface area (Å²) in [6.45, 7) is 2.73. The monoisotopic (exact) mass is 405 g/mol. The van der Waals surface area contributed by atoms with Crippen LogP contribution < -0.4 is 14.5 Å². The topological polar surface area (TPSA) is 109 Å². The van der Waals surface area contributed by atoms with E-state index in [4.69, 9.17) is 9.15 Å². The Kier molecular flexibility index (Phi) is 5.22. The molecule has 1 saturated heterocycles. The van der Waals surface area contributed by atoms with Gasteiger partial charge in [-0.2, -0.15) is 10.2 Å². The molecule has 0 saturated carbocycles. The number of nitro groups is 1. The maximum atomic E-state index is 11.3. The predicted octanol–water partition coefficient (Wildman–Crippen LogP) is 3.46. The van der Waals surface area contributed by atoms with Gasteiger partial charge in [0.25, 0.3) is 5.69 Å². The van der Waals surface area contributed by atoms with Gasteiger partial charge in [-0.15, -0.1) is 0 Å². The molecule has 0 unspecified atom stereocenters. The number of nitro benzene ring substituents is 1. The number of nitrogens with zero attached hydrogens (tertiary/aromatic N) is 5. The van der Waals surface area contributed by atoms with E-state index in [-0.39, 0.29) is 22.8 Å². The second-order valence-corrected chi connectivity index (χ2v) is 6.73. The van der Waals surface area contributed by atoms with Crippen LogP contribution in [0.3, 0.4) is 0 Å². The highest BCUT2D eigenvalue weighted by Crippen LogP contribution is 2.34. The molecule has 0 amide bonds. The van der Waals surface area contributed by atoms with Crippen molar-refractivity contribution in [2.45, 2.75) is 0 Å². The number of anilines is 2. The molecule has 4 rings (SSSR count). The summed E-state index contributed by atoms with van der Waals surface area (Å²) in [5.41, 5.74) is 1.36. The number of methoxy groups -OCH3 is 1. The van der Waals surface area contributed by atoms with Gasteiger partial charge in [-0.1, -0.05) is 12.1 Å². The van der Waals surface area contributed by atoms with Crippen molar-refractivity contribution < 1.29 is 14.1 Å². The first-order chi connectivity index (χ1) is 14.6. The molecule has 1 fully saturated rings. The molecule has 1 aliphatic heterocycles. The molecule has 9 heteroatoms. The van der Waals surface area contributed by atoms with Gasteiger partial charge < -0.3 is 19.0 Å². The van der Waals surface area contributed by atoms with E-state index in [0.29, 0.717) is 19.0 Å². The van der Waals surface area contributed by atoms with E-state index in [1.807, 2.05) is 35.2 Å². The number of hydrogen-bond acceptors (Lipinski definition) is 8. The lowest BCUT2D eigenvalue weighted by molar-refractivity contribution is -0.384. The number of benzene rings is 2. The van der Waals surface area contributed by atoms with Crippen LogP contribution >= 0.6 is 0 Å². The van der Waals surface area contributed by atoms with Crippen LogP contribution in [-0.4, -0.2) is 43.2 Å². The van der Waals surface area contributed by atoms with E-state index in [1.165, 1.54) is 6.07 Å². The first-order valence-corrected chi connectivity index (χ1v) is 9.39. The number of ether oxygens (including phenoxy) is 1. The molecule has 152 valence electrons. The van der Waals surface area contributed by atoms with Gasteiger partial charge in [0.2, 0.25) is 17.5 Å². The van der Waals surface area contributed by atoms with Gasteiger partial charge in [-0.25, -0.2) is 0 Å². The Hall–Kier alpha value is -4.06. The summed E-state index contributed by atoms with van der Waals surface area (Å²) < 4.78 is 11.0. The van der Waals surface area contributed by atoms with Crippen molar-refractivity contribution >= 4 is 17.3 Å². The lowest BCUT2D eigenvalue weighted by Crippen LogP contribution is -2.46. The minimum atomic E-state index is -0.487. The molecule has 0 atom stereocenters. The molecule has 1 aliphatic rings. The largest absolute Gasteiger partial charge is 0.497 e. The van der Waals surface area contributed by atoms with Crippen molar-refractivity contribution in [2.75, 3.05) is 43.1 Å². The summed E-state index contributed by atoms with van der Waals surface area (Å²) in [4.78, 5) is 19.2. The summed E-state index contributed by atoms with van der Waals surface area (Å²) >= 11 is 0. The SMILES string of the molecule is COc1ccc(N2CCN(c3oc(-c4ccccc4[N+](=O)[O-])nc3C#N)CC2)cc1. The number of hydrogen-bond donors (Lipinski definition) is 0. The van der Waals surface area contributed by atoms with Crippen LogP contribution in [-0.2, 0) is 0 Å². The Morgan fingerprint density at radius 2 is 1.77 bits per heavy atom. The zero-order valence-electron chi connectivity index (χ0n) is 16.3. The normalized spacial score (nSPS) is 13.7. The third kappa shape index (κ3) is 3.63. The summed E-state index contributed by atoms with van der Waals surface area (Å²) in [6, 6.07) is 16.1. The molecule has 0 radical (unpaired) electrons. The average Bonchev–Trinajstić information content (AvgIpc) is 3.23. The summed E-state index contributed by atoms with van der Waals surface area (Å²) in [5.74, 6) is 1.23. The maximum Gasteiger partial charge on any atom is 0.282 e. The number of rotatable bonds is 5. The highest BCUT2D eigenvalue weighted by Gasteiger charge is 2.27. The standard InChI is InChI=1S/C21H19N5O4/c1-29-16-8-6-15(7-9-16)24-10-12-25(13-11-24)21-18(14-22)23-20(30-21)17-4-2-3-5-19(17)26(27)28/h2-9H,10-13H2,1H3. The highest BCUT2D eigenvalue weighted by atomic mass is 16.6. The Balaban J connectivity index is 1.54. The van der Waals surface area contributed by atoms with Crippen LogP contribution in [0.4, 0.5) is 17.3 Å². The van der Waals surface area contributed by atoms with Crippen LogP contribution in [0.25, 0.3) is 11.5 Å². The molecular formula is C21H19N5O4. The Morgan fingerprint density at radius 1 is 1.10 bits per heavy atom. The van der Waals surface area contributed by atoms with Crippen LogP contribution in [0.15, 0.2) is 52.9 Å². The molecule has 2 heterocycles. The molecule has 1 aromatic heterocycles. The number of piperazine rings is 1. The number of para-hydroxylation sites is 1. The van der Waals surface area contributed by atoms with Crippen LogP contribution in [0, 0.1) is 21.4 Å². The van der Waals surface area contributed by atoms with Crippen LogP contribution in [0.1, 0.15) is 5.69 Å². The predicted molar refractivity (Wildman–Crippen MR) is 111 cm³/mol. The van der Waals surface area contributed by atoms with Crippen LogP contribution in [0.5, 0.6) is 5.75 Å². The lowest BCUT2D eigenvalue weighted by Gasteiger charge is -2.35. The summed E-state index contributed by atoms with van der Waals surface area (Å²) in [5, 5.41) is 20.8. The molecule has 30 heavy (non-hydrogen) atoms. The van der Waals surface area contributed by atoms with Crippen molar-refractivity contribution in [3.05, 3.63) is 64.3 Å². The Bertz CT molecular complexity index is 1100. The van der Waals surface area contributed by atoms with E-state index in [9.17, 15) is 15.4 Å². The molecular weight excluding hydrogens is 386 g/mol. The fourth-order valence-electron chi connectivity index (χ4n) is 3.49. The Morgan fingerprint density at radius 3 is 2.40 bits per heavy atom. The van der Waals surface area contributed by atoms with Crippen molar-refractivity contribution in [2.24, 2.45) is 0 Å². The van der Waals surface area contributed by atoms with E-state index in [2.05, 4.69) is 9.88 Å². The first kappa shape index (κ1) is 19.3. The van der Waals surface area contributed by atoms with Crippen molar-refractivity contribution in [1.82, 2.24) is 4.98 Å². The number of oxazole rings is 1. The third-order valence-corrected chi connectivity index (χ3v) is 5.05. The fourth-order valence-corrected chi connectivity index (χ4v) is 3.49.